The first-order chi connectivity index (χ1) is 9.40. The summed E-state index contributed by atoms with van der Waals surface area (Å²) in [6.45, 7) is 0. The van der Waals surface area contributed by atoms with Gasteiger partial charge in [0.15, 0.2) is 0 Å². The first-order valence-corrected chi connectivity index (χ1v) is 6.59. The normalized spacial score (nSPS) is 12.5. The number of benzene rings is 3. The van der Waals surface area contributed by atoms with E-state index in [1.807, 2.05) is 30.3 Å². The molecule has 0 aliphatic carbocycles. The molecule has 1 atom stereocenters. The Bertz CT molecular complexity index is 674. The number of hydrogen-bond donors (Lipinski definition) is 1. The van der Waals surface area contributed by atoms with E-state index in [0.29, 0.717) is 0 Å². The summed E-state index contributed by atoms with van der Waals surface area (Å²) in [4.78, 5) is 0. The molecule has 3 aromatic rings. The van der Waals surface area contributed by atoms with E-state index in [1.165, 1.54) is 10.8 Å². The molecule has 0 bridgehead atoms. The largest absolute Gasteiger partial charge is 0.306 e. The minimum atomic E-state index is -0.157. The van der Waals surface area contributed by atoms with Crippen LogP contribution in [-0.2, 0) is 4.18 Å². The fourth-order valence-corrected chi connectivity index (χ4v) is 2.64. The molecular weight excluding hydrogens is 252 g/mol. The minimum Gasteiger partial charge on any atom is -0.306 e. The van der Waals surface area contributed by atoms with E-state index < -0.39 is 0 Å². The molecule has 19 heavy (non-hydrogen) atoms. The molecule has 0 aliphatic heterocycles. The molecule has 94 valence electrons. The van der Waals surface area contributed by atoms with Crippen LogP contribution in [0.2, 0.25) is 0 Å². The van der Waals surface area contributed by atoms with Gasteiger partial charge in [0.2, 0.25) is 0 Å². The van der Waals surface area contributed by atoms with E-state index in [4.69, 9.17) is 4.18 Å². The Morgan fingerprint density at radius 2 is 1.42 bits per heavy atom. The number of thiol groups is 1. The predicted molar refractivity (Wildman–Crippen MR) is 82.3 cm³/mol. The van der Waals surface area contributed by atoms with Crippen molar-refractivity contribution in [2.24, 2.45) is 0 Å². The summed E-state index contributed by atoms with van der Waals surface area (Å²) in [6.07, 6.45) is -0.157. The van der Waals surface area contributed by atoms with Gasteiger partial charge in [-0.05, 0) is 34.8 Å². The molecule has 0 saturated heterocycles. The lowest BCUT2D eigenvalue weighted by Gasteiger charge is -2.17. The third-order valence-corrected chi connectivity index (χ3v) is 3.52. The number of rotatable bonds is 3. The Kier molecular flexibility index (Phi) is 3.53. The van der Waals surface area contributed by atoms with E-state index >= 15 is 0 Å². The molecule has 1 unspecified atom stereocenters. The van der Waals surface area contributed by atoms with Crippen molar-refractivity contribution in [3.8, 4) is 0 Å². The molecular formula is C17H14OS. The Balaban J connectivity index is 2.17. The fourth-order valence-electron chi connectivity index (χ4n) is 2.40. The zero-order chi connectivity index (χ0) is 13.1. The third kappa shape index (κ3) is 2.37. The number of hydrogen-bond acceptors (Lipinski definition) is 2. The smallest absolute Gasteiger partial charge is 0.123 e. The van der Waals surface area contributed by atoms with Crippen molar-refractivity contribution in [1.29, 1.82) is 0 Å². The molecule has 0 aromatic heterocycles. The summed E-state index contributed by atoms with van der Waals surface area (Å²) in [5.74, 6) is 0. The van der Waals surface area contributed by atoms with Gasteiger partial charge in [0.25, 0.3) is 0 Å². The highest BCUT2D eigenvalue weighted by Gasteiger charge is 2.15. The second-order valence-electron chi connectivity index (χ2n) is 4.46. The zero-order valence-corrected chi connectivity index (χ0v) is 11.3. The maximum absolute atomic E-state index is 5.42. The van der Waals surface area contributed by atoms with E-state index in [9.17, 15) is 0 Å². The molecule has 0 radical (unpaired) electrons. The van der Waals surface area contributed by atoms with Gasteiger partial charge in [-0.25, -0.2) is 0 Å². The van der Waals surface area contributed by atoms with Crippen LogP contribution in [0.4, 0.5) is 0 Å². The molecule has 0 saturated carbocycles. The van der Waals surface area contributed by atoms with Crippen molar-refractivity contribution in [3.05, 3.63) is 83.9 Å². The van der Waals surface area contributed by atoms with Crippen LogP contribution in [0.3, 0.4) is 0 Å². The lowest BCUT2D eigenvalue weighted by molar-refractivity contribution is 0.304. The molecule has 3 rings (SSSR count). The van der Waals surface area contributed by atoms with Gasteiger partial charge in [-0.15, -0.1) is 0 Å². The van der Waals surface area contributed by atoms with E-state index in [2.05, 4.69) is 55.4 Å². The van der Waals surface area contributed by atoms with Crippen LogP contribution < -0.4 is 0 Å². The van der Waals surface area contributed by atoms with Crippen LogP contribution in [-0.4, -0.2) is 0 Å². The average Bonchev–Trinajstić information content (AvgIpc) is 2.49. The second kappa shape index (κ2) is 5.47. The summed E-state index contributed by atoms with van der Waals surface area (Å²) < 4.78 is 5.42. The number of fused-ring (bicyclic) bond motifs is 1. The van der Waals surface area contributed by atoms with Gasteiger partial charge in [-0.2, -0.15) is 0 Å². The van der Waals surface area contributed by atoms with Crippen LogP contribution in [0.1, 0.15) is 17.2 Å². The lowest BCUT2D eigenvalue weighted by atomic mass is 9.96. The van der Waals surface area contributed by atoms with Crippen molar-refractivity contribution >= 4 is 23.7 Å². The van der Waals surface area contributed by atoms with Crippen molar-refractivity contribution in [2.75, 3.05) is 0 Å². The SMILES string of the molecule is SOC(c1ccccc1)c1cccc2ccccc12. The molecule has 0 heterocycles. The van der Waals surface area contributed by atoms with Gasteiger partial charge in [0.05, 0.1) is 0 Å². The summed E-state index contributed by atoms with van der Waals surface area (Å²) in [7, 11) is 0. The van der Waals surface area contributed by atoms with E-state index in [1.54, 1.807) is 0 Å². The van der Waals surface area contributed by atoms with Crippen molar-refractivity contribution < 1.29 is 4.18 Å². The highest BCUT2D eigenvalue weighted by atomic mass is 32.1. The molecule has 0 N–H and O–H groups in total. The first-order valence-electron chi connectivity index (χ1n) is 6.23. The Morgan fingerprint density at radius 1 is 0.737 bits per heavy atom. The minimum absolute atomic E-state index is 0.157. The van der Waals surface area contributed by atoms with Gasteiger partial charge in [-0.3, -0.25) is 0 Å². The zero-order valence-electron chi connectivity index (χ0n) is 10.4. The Hall–Kier alpha value is -1.77. The van der Waals surface area contributed by atoms with Crippen molar-refractivity contribution in [3.63, 3.8) is 0 Å². The lowest BCUT2D eigenvalue weighted by Crippen LogP contribution is -2.01. The molecule has 1 nitrogen and oxygen atoms in total. The van der Waals surface area contributed by atoms with Crippen LogP contribution in [0.5, 0.6) is 0 Å². The average molecular weight is 266 g/mol. The van der Waals surface area contributed by atoms with Gasteiger partial charge >= 0.3 is 0 Å². The molecule has 0 spiro atoms. The monoisotopic (exact) mass is 266 g/mol. The fraction of sp³-hybridized carbons (Fsp3) is 0.0588. The highest BCUT2D eigenvalue weighted by Crippen LogP contribution is 2.32. The Labute approximate surface area is 118 Å². The maximum Gasteiger partial charge on any atom is 0.123 e. The van der Waals surface area contributed by atoms with Crippen LogP contribution >= 0.6 is 12.9 Å². The standard InChI is InChI=1S/C17H14OS/c19-18-17(14-8-2-1-3-9-14)16-12-6-10-13-7-4-5-11-15(13)16/h1-12,17,19H. The summed E-state index contributed by atoms with van der Waals surface area (Å²) in [5.41, 5.74) is 2.24. The van der Waals surface area contributed by atoms with E-state index in [0.717, 1.165) is 11.1 Å². The molecule has 0 amide bonds. The topological polar surface area (TPSA) is 9.23 Å². The summed E-state index contributed by atoms with van der Waals surface area (Å²) >= 11 is 4.06. The predicted octanol–water partition coefficient (Wildman–Crippen LogP) is 4.79. The van der Waals surface area contributed by atoms with Crippen molar-refractivity contribution in [2.45, 2.75) is 6.10 Å². The molecule has 0 aliphatic rings. The summed E-state index contributed by atoms with van der Waals surface area (Å²) in [5, 5.41) is 2.42. The van der Waals surface area contributed by atoms with Crippen molar-refractivity contribution in [1.82, 2.24) is 0 Å². The maximum atomic E-state index is 5.42. The van der Waals surface area contributed by atoms with Gasteiger partial charge in [0, 0.05) is 0 Å². The van der Waals surface area contributed by atoms with Gasteiger partial charge in [-0.1, -0.05) is 72.8 Å². The molecule has 2 heteroatoms. The van der Waals surface area contributed by atoms with Crippen LogP contribution in [0, 0.1) is 0 Å². The summed E-state index contributed by atoms with van der Waals surface area (Å²) in [6, 6.07) is 24.7. The first kappa shape index (κ1) is 12.3. The Morgan fingerprint density at radius 3 is 2.21 bits per heavy atom. The third-order valence-electron chi connectivity index (χ3n) is 3.31. The quantitative estimate of drug-likeness (QED) is 0.529. The van der Waals surface area contributed by atoms with Crippen LogP contribution in [0.15, 0.2) is 72.8 Å². The molecule has 0 fully saturated rings. The van der Waals surface area contributed by atoms with Gasteiger partial charge in [0.1, 0.15) is 6.10 Å². The van der Waals surface area contributed by atoms with Gasteiger partial charge < -0.3 is 4.18 Å². The molecule has 3 aromatic carbocycles. The van der Waals surface area contributed by atoms with Crippen LogP contribution in [0.25, 0.3) is 10.8 Å². The highest BCUT2D eigenvalue weighted by molar-refractivity contribution is 7.75. The second-order valence-corrected chi connectivity index (χ2v) is 4.68. The van der Waals surface area contributed by atoms with E-state index in [-0.39, 0.29) is 6.10 Å².